The van der Waals surface area contributed by atoms with Gasteiger partial charge in [0, 0.05) is 29.7 Å². The molecule has 0 saturated heterocycles. The summed E-state index contributed by atoms with van der Waals surface area (Å²) in [5.41, 5.74) is 7.07. The van der Waals surface area contributed by atoms with Gasteiger partial charge in [-0.3, -0.25) is 14.7 Å². The molecule has 0 bridgehead atoms. The molecule has 7 heteroatoms. The van der Waals surface area contributed by atoms with E-state index in [1.54, 1.807) is 30.5 Å². The Hall–Kier alpha value is -2.67. The molecule has 2 aromatic heterocycles. The van der Waals surface area contributed by atoms with Crippen molar-refractivity contribution in [2.75, 3.05) is 10.5 Å². The maximum Gasteiger partial charge on any atom is 0.265 e. The summed E-state index contributed by atoms with van der Waals surface area (Å²) in [6.45, 7) is 0. The Balaban J connectivity index is 1.99. The molecular formula is C14H12N4O2S. The molecule has 0 spiro atoms. The predicted octanol–water partition coefficient (Wildman–Crippen LogP) is 2.01. The van der Waals surface area contributed by atoms with E-state index in [9.17, 15) is 8.42 Å². The van der Waals surface area contributed by atoms with Crippen LogP contribution in [0.5, 0.6) is 0 Å². The number of rotatable bonds is 3. The van der Waals surface area contributed by atoms with Crippen molar-refractivity contribution in [1.82, 2.24) is 9.97 Å². The lowest BCUT2D eigenvalue weighted by atomic mass is 10.2. The zero-order chi connectivity index (χ0) is 14.9. The minimum atomic E-state index is -3.77. The van der Waals surface area contributed by atoms with Crippen molar-refractivity contribution < 1.29 is 8.42 Å². The first kappa shape index (κ1) is 13.3. The van der Waals surface area contributed by atoms with Crippen LogP contribution < -0.4 is 10.5 Å². The Morgan fingerprint density at radius 1 is 1.10 bits per heavy atom. The van der Waals surface area contributed by atoms with Crippen molar-refractivity contribution in [3.63, 3.8) is 0 Å². The number of nitrogens with one attached hydrogen (secondary N) is 1. The van der Waals surface area contributed by atoms with Crippen LogP contribution in [0.4, 0.5) is 11.4 Å². The second-order valence-electron chi connectivity index (χ2n) is 4.43. The Morgan fingerprint density at radius 2 is 1.95 bits per heavy atom. The van der Waals surface area contributed by atoms with Gasteiger partial charge in [-0.15, -0.1) is 0 Å². The first-order valence-electron chi connectivity index (χ1n) is 6.13. The van der Waals surface area contributed by atoms with Crippen LogP contribution in [0.25, 0.3) is 10.9 Å². The van der Waals surface area contributed by atoms with Crippen molar-refractivity contribution in [1.29, 1.82) is 0 Å². The maximum absolute atomic E-state index is 12.3. The normalized spacial score (nSPS) is 11.4. The van der Waals surface area contributed by atoms with Crippen LogP contribution in [0.15, 0.2) is 59.9 Å². The van der Waals surface area contributed by atoms with Crippen molar-refractivity contribution in [3.05, 3.63) is 55.0 Å². The van der Waals surface area contributed by atoms with E-state index in [0.29, 0.717) is 5.69 Å². The summed E-state index contributed by atoms with van der Waals surface area (Å²) >= 11 is 0. The van der Waals surface area contributed by atoms with Crippen LogP contribution in [0, 0.1) is 0 Å². The number of pyridine rings is 2. The van der Waals surface area contributed by atoms with Gasteiger partial charge < -0.3 is 5.73 Å². The van der Waals surface area contributed by atoms with E-state index in [2.05, 4.69) is 14.7 Å². The molecule has 6 nitrogen and oxygen atoms in total. The number of nitrogens with zero attached hydrogens (tertiary/aromatic N) is 2. The molecule has 0 atom stereocenters. The van der Waals surface area contributed by atoms with E-state index >= 15 is 0 Å². The Morgan fingerprint density at radius 3 is 2.76 bits per heavy atom. The fourth-order valence-corrected chi connectivity index (χ4v) is 3.09. The summed E-state index contributed by atoms with van der Waals surface area (Å²) in [6, 6.07) is 10.2. The molecule has 0 fully saturated rings. The summed E-state index contributed by atoms with van der Waals surface area (Å²) < 4.78 is 27.1. The van der Waals surface area contributed by atoms with Crippen LogP contribution in [0.1, 0.15) is 0 Å². The number of nitrogens with two attached hydrogens (primary N) is 1. The highest BCUT2D eigenvalue weighted by Crippen LogP contribution is 2.22. The van der Waals surface area contributed by atoms with Crippen LogP contribution in [-0.4, -0.2) is 18.4 Å². The smallest absolute Gasteiger partial charge is 0.265 e. The molecule has 0 aliphatic carbocycles. The van der Waals surface area contributed by atoms with Gasteiger partial charge in [-0.2, -0.15) is 0 Å². The number of fused-ring (bicyclic) bond motifs is 1. The molecule has 0 radical (unpaired) electrons. The van der Waals surface area contributed by atoms with Gasteiger partial charge >= 0.3 is 0 Å². The number of anilines is 2. The molecule has 0 aliphatic rings. The summed E-state index contributed by atoms with van der Waals surface area (Å²) in [7, 11) is -3.77. The summed E-state index contributed by atoms with van der Waals surface area (Å²) in [4.78, 5) is 7.93. The molecule has 0 aliphatic heterocycles. The summed E-state index contributed by atoms with van der Waals surface area (Å²) in [5.74, 6) is 0. The van der Waals surface area contributed by atoms with Crippen molar-refractivity contribution in [2.45, 2.75) is 4.90 Å². The van der Waals surface area contributed by atoms with E-state index in [1.807, 2.05) is 6.07 Å². The van der Waals surface area contributed by atoms with Gasteiger partial charge in [-0.1, -0.05) is 6.07 Å². The molecule has 106 valence electrons. The van der Waals surface area contributed by atoms with Crippen LogP contribution in [0.2, 0.25) is 0 Å². The molecule has 0 amide bonds. The van der Waals surface area contributed by atoms with Crippen LogP contribution in [0.3, 0.4) is 0 Å². The van der Waals surface area contributed by atoms with E-state index in [1.165, 1.54) is 18.5 Å². The lowest BCUT2D eigenvalue weighted by Gasteiger charge is -2.10. The quantitative estimate of drug-likeness (QED) is 0.771. The minimum Gasteiger partial charge on any atom is -0.398 e. The summed E-state index contributed by atoms with van der Waals surface area (Å²) in [5, 5.41) is 0.844. The van der Waals surface area contributed by atoms with Gasteiger partial charge in [0.05, 0.1) is 11.2 Å². The molecule has 3 rings (SSSR count). The fraction of sp³-hybridized carbons (Fsp3) is 0. The van der Waals surface area contributed by atoms with Crippen molar-refractivity contribution in [2.24, 2.45) is 0 Å². The highest BCUT2D eigenvalue weighted by atomic mass is 32.2. The SMILES string of the molecule is Nc1ccncc1S(=O)(=O)Nc1ccc2ncccc2c1. The van der Waals surface area contributed by atoms with Crippen LogP contribution >= 0.6 is 0 Å². The lowest BCUT2D eigenvalue weighted by Crippen LogP contribution is -2.15. The highest BCUT2D eigenvalue weighted by molar-refractivity contribution is 7.92. The van der Waals surface area contributed by atoms with Gasteiger partial charge in [0.2, 0.25) is 0 Å². The second-order valence-corrected chi connectivity index (χ2v) is 6.08. The maximum atomic E-state index is 12.3. The third-order valence-corrected chi connectivity index (χ3v) is 4.39. The molecular weight excluding hydrogens is 288 g/mol. The standard InChI is InChI=1S/C14H12N4O2S/c15-12-5-7-16-9-14(12)21(19,20)18-11-3-4-13-10(8-11)2-1-6-17-13/h1-9,18H,(H2,15,16). The van der Waals surface area contributed by atoms with Crippen molar-refractivity contribution in [3.8, 4) is 0 Å². The number of hydrogen-bond acceptors (Lipinski definition) is 5. The van der Waals surface area contributed by atoms with Crippen LogP contribution in [-0.2, 0) is 10.0 Å². The predicted molar refractivity (Wildman–Crippen MR) is 81.2 cm³/mol. The van der Waals surface area contributed by atoms with Gasteiger partial charge in [0.15, 0.2) is 0 Å². The second kappa shape index (κ2) is 5.02. The van der Waals surface area contributed by atoms with E-state index in [0.717, 1.165) is 10.9 Å². The third-order valence-electron chi connectivity index (χ3n) is 2.96. The molecule has 1 aromatic carbocycles. The average Bonchev–Trinajstić information content (AvgIpc) is 2.47. The zero-order valence-corrected chi connectivity index (χ0v) is 11.7. The molecule has 3 aromatic rings. The largest absolute Gasteiger partial charge is 0.398 e. The average molecular weight is 300 g/mol. The van der Waals surface area contributed by atoms with Crippen molar-refractivity contribution >= 4 is 32.3 Å². The Bertz CT molecular complexity index is 910. The molecule has 3 N–H and O–H groups in total. The number of benzene rings is 1. The number of sulfonamides is 1. The Labute approximate surface area is 121 Å². The number of aromatic nitrogens is 2. The molecule has 2 heterocycles. The van der Waals surface area contributed by atoms with Gasteiger partial charge in [-0.25, -0.2) is 8.42 Å². The monoisotopic (exact) mass is 300 g/mol. The number of hydrogen-bond donors (Lipinski definition) is 2. The fourth-order valence-electron chi connectivity index (χ4n) is 1.96. The highest BCUT2D eigenvalue weighted by Gasteiger charge is 2.17. The third kappa shape index (κ3) is 2.63. The van der Waals surface area contributed by atoms with E-state index < -0.39 is 10.0 Å². The van der Waals surface area contributed by atoms with Gasteiger partial charge in [0.25, 0.3) is 10.0 Å². The van der Waals surface area contributed by atoms with Gasteiger partial charge in [-0.05, 0) is 30.3 Å². The topological polar surface area (TPSA) is 98.0 Å². The molecule has 0 saturated carbocycles. The van der Waals surface area contributed by atoms with Gasteiger partial charge in [0.1, 0.15) is 4.90 Å². The molecule has 0 unspecified atom stereocenters. The lowest BCUT2D eigenvalue weighted by molar-refractivity contribution is 0.601. The summed E-state index contributed by atoms with van der Waals surface area (Å²) in [6.07, 6.45) is 4.35. The molecule has 21 heavy (non-hydrogen) atoms. The Kier molecular flexibility index (Phi) is 3.19. The first-order valence-corrected chi connectivity index (χ1v) is 7.62. The zero-order valence-electron chi connectivity index (χ0n) is 10.9. The van der Waals surface area contributed by atoms with E-state index in [4.69, 9.17) is 5.73 Å². The number of nitrogen functional groups attached to an aromatic ring is 1. The van der Waals surface area contributed by atoms with E-state index in [-0.39, 0.29) is 10.6 Å². The first-order chi connectivity index (χ1) is 10.1. The minimum absolute atomic E-state index is 0.0451.